The highest BCUT2D eigenvalue weighted by atomic mass is 31.2. The lowest BCUT2D eigenvalue weighted by Crippen LogP contribution is -2.27. The topological polar surface area (TPSA) is 65.0 Å². The van der Waals surface area contributed by atoms with E-state index in [1.807, 2.05) is 20.8 Å². The molecule has 0 spiro atoms. The molecule has 0 aromatic carbocycles. The predicted octanol–water partition coefficient (Wildman–Crippen LogP) is 1.79. The summed E-state index contributed by atoms with van der Waals surface area (Å²) < 4.78 is 27.7. The van der Waals surface area contributed by atoms with Gasteiger partial charge in [-0.15, -0.1) is 0 Å². The fourth-order valence-corrected chi connectivity index (χ4v) is 2.99. The summed E-state index contributed by atoms with van der Waals surface area (Å²) in [7, 11) is -3.08. The van der Waals surface area contributed by atoms with Crippen LogP contribution in [-0.2, 0) is 18.3 Å². The fourth-order valence-electron chi connectivity index (χ4n) is 1.53. The zero-order valence-corrected chi connectivity index (χ0v) is 11.2. The van der Waals surface area contributed by atoms with Gasteiger partial charge in [0.05, 0.1) is 18.3 Å². The lowest BCUT2D eigenvalue weighted by molar-refractivity contribution is 0.00146. The first kappa shape index (κ1) is 14.1. The Labute approximate surface area is 96.6 Å². The third kappa shape index (κ3) is 4.93. The Bertz CT molecular complexity index is 273. The Kier molecular flexibility index (Phi) is 4.55. The van der Waals surface area contributed by atoms with Crippen LogP contribution in [-0.4, -0.2) is 42.8 Å². The summed E-state index contributed by atoms with van der Waals surface area (Å²) in [5.74, 6) is 0. The van der Waals surface area contributed by atoms with Crippen molar-refractivity contribution in [3.05, 3.63) is 0 Å². The van der Waals surface area contributed by atoms with Gasteiger partial charge in [0.15, 0.2) is 0 Å². The number of ether oxygens (including phenoxy) is 1. The lowest BCUT2D eigenvalue weighted by Gasteiger charge is -2.25. The number of aliphatic hydroxyl groups is 1. The predicted molar refractivity (Wildman–Crippen MR) is 60.7 cm³/mol. The molecule has 0 saturated carbocycles. The van der Waals surface area contributed by atoms with Crippen LogP contribution >= 0.6 is 7.60 Å². The zero-order chi connectivity index (χ0) is 12.4. The average molecular weight is 252 g/mol. The molecule has 0 aromatic heterocycles. The van der Waals surface area contributed by atoms with Crippen molar-refractivity contribution in [2.24, 2.45) is 0 Å². The van der Waals surface area contributed by atoms with Crippen molar-refractivity contribution in [3.63, 3.8) is 0 Å². The van der Waals surface area contributed by atoms with Crippen LogP contribution in [0.4, 0.5) is 0 Å². The molecule has 1 saturated heterocycles. The van der Waals surface area contributed by atoms with E-state index < -0.39 is 25.4 Å². The van der Waals surface area contributed by atoms with Gasteiger partial charge >= 0.3 is 7.60 Å². The summed E-state index contributed by atoms with van der Waals surface area (Å²) in [6.07, 6.45) is -0.325. The van der Waals surface area contributed by atoms with Crippen LogP contribution < -0.4 is 0 Å². The Balaban J connectivity index is 2.38. The number of rotatable bonds is 4. The normalized spacial score (nSPS) is 30.3. The van der Waals surface area contributed by atoms with Gasteiger partial charge in [0.25, 0.3) is 0 Å². The fraction of sp³-hybridized carbons (Fsp3) is 1.00. The van der Waals surface area contributed by atoms with Gasteiger partial charge in [0.1, 0.15) is 6.10 Å². The van der Waals surface area contributed by atoms with Crippen molar-refractivity contribution in [3.8, 4) is 0 Å². The van der Waals surface area contributed by atoms with Gasteiger partial charge < -0.3 is 18.9 Å². The maximum Gasteiger partial charge on any atom is 0.328 e. The SMILES string of the molecule is CC(C)(C)OP(C)(=O)OCC1OCCC1O. The van der Waals surface area contributed by atoms with E-state index in [1.165, 1.54) is 6.66 Å². The Hall–Kier alpha value is 0.0700. The van der Waals surface area contributed by atoms with Crippen molar-refractivity contribution in [2.45, 2.75) is 45.0 Å². The molecular weight excluding hydrogens is 231 g/mol. The van der Waals surface area contributed by atoms with Crippen molar-refractivity contribution in [1.82, 2.24) is 0 Å². The molecule has 1 aliphatic heterocycles. The van der Waals surface area contributed by atoms with Gasteiger partial charge in [-0.25, -0.2) is 0 Å². The van der Waals surface area contributed by atoms with E-state index in [9.17, 15) is 9.67 Å². The first-order chi connectivity index (χ1) is 7.20. The van der Waals surface area contributed by atoms with Crippen LogP contribution in [0.2, 0.25) is 0 Å². The smallest absolute Gasteiger partial charge is 0.328 e. The molecule has 1 heterocycles. The van der Waals surface area contributed by atoms with Crippen LogP contribution in [0.5, 0.6) is 0 Å². The largest absolute Gasteiger partial charge is 0.390 e. The van der Waals surface area contributed by atoms with Gasteiger partial charge in [-0.05, 0) is 27.2 Å². The van der Waals surface area contributed by atoms with Crippen LogP contribution in [0.15, 0.2) is 0 Å². The molecular formula is C10H21O5P. The van der Waals surface area contributed by atoms with E-state index in [4.69, 9.17) is 13.8 Å². The van der Waals surface area contributed by atoms with Gasteiger partial charge in [-0.3, -0.25) is 4.57 Å². The third-order valence-electron chi connectivity index (χ3n) is 2.09. The van der Waals surface area contributed by atoms with E-state index in [0.717, 1.165) is 0 Å². The maximum atomic E-state index is 11.9. The lowest BCUT2D eigenvalue weighted by atomic mass is 10.2. The molecule has 96 valence electrons. The van der Waals surface area contributed by atoms with Crippen LogP contribution in [0.3, 0.4) is 0 Å². The van der Waals surface area contributed by atoms with Crippen molar-refractivity contribution in [1.29, 1.82) is 0 Å². The van der Waals surface area contributed by atoms with Crippen LogP contribution in [0, 0.1) is 0 Å². The molecule has 5 nitrogen and oxygen atoms in total. The minimum atomic E-state index is -3.08. The van der Waals surface area contributed by atoms with E-state index in [0.29, 0.717) is 13.0 Å². The van der Waals surface area contributed by atoms with Crippen LogP contribution in [0.1, 0.15) is 27.2 Å². The molecule has 3 atom stereocenters. The minimum Gasteiger partial charge on any atom is -0.390 e. The highest BCUT2D eigenvalue weighted by Crippen LogP contribution is 2.48. The molecule has 6 heteroatoms. The second kappa shape index (κ2) is 5.15. The highest BCUT2D eigenvalue weighted by Gasteiger charge is 2.31. The number of aliphatic hydroxyl groups excluding tert-OH is 1. The third-order valence-corrected chi connectivity index (χ3v) is 3.59. The molecule has 0 radical (unpaired) electrons. The molecule has 1 N–H and O–H groups in total. The summed E-state index contributed by atoms with van der Waals surface area (Å²) in [5.41, 5.74) is -0.514. The van der Waals surface area contributed by atoms with Crippen molar-refractivity contribution in [2.75, 3.05) is 19.9 Å². The van der Waals surface area contributed by atoms with Gasteiger partial charge in [-0.1, -0.05) is 0 Å². The van der Waals surface area contributed by atoms with Crippen molar-refractivity contribution >= 4 is 7.60 Å². The van der Waals surface area contributed by atoms with E-state index in [1.54, 1.807) is 0 Å². The maximum absolute atomic E-state index is 11.9. The molecule has 0 amide bonds. The molecule has 0 aliphatic carbocycles. The molecule has 1 aliphatic rings. The number of hydrogen-bond donors (Lipinski definition) is 1. The first-order valence-electron chi connectivity index (χ1n) is 5.42. The zero-order valence-electron chi connectivity index (χ0n) is 10.3. The monoisotopic (exact) mass is 252 g/mol. The second-order valence-corrected chi connectivity index (χ2v) is 7.02. The first-order valence-corrected chi connectivity index (χ1v) is 7.41. The summed E-state index contributed by atoms with van der Waals surface area (Å²) in [6, 6.07) is 0. The Morgan fingerprint density at radius 2 is 2.12 bits per heavy atom. The summed E-state index contributed by atoms with van der Waals surface area (Å²) in [4.78, 5) is 0. The minimum absolute atomic E-state index is 0.102. The molecule has 0 aromatic rings. The van der Waals surface area contributed by atoms with E-state index >= 15 is 0 Å². The van der Waals surface area contributed by atoms with E-state index in [2.05, 4.69) is 0 Å². The van der Waals surface area contributed by atoms with Gasteiger partial charge in [0.2, 0.25) is 0 Å². The molecule has 16 heavy (non-hydrogen) atoms. The molecule has 3 unspecified atom stereocenters. The van der Waals surface area contributed by atoms with E-state index in [-0.39, 0.29) is 6.61 Å². The molecule has 0 bridgehead atoms. The van der Waals surface area contributed by atoms with Gasteiger partial charge in [-0.2, -0.15) is 0 Å². The second-order valence-electron chi connectivity index (χ2n) is 5.04. The standard InChI is InChI=1S/C10H21O5P/c1-10(2,3)15-16(4,12)14-7-9-8(11)5-6-13-9/h8-9,11H,5-7H2,1-4H3. The Morgan fingerprint density at radius 3 is 2.56 bits per heavy atom. The quantitative estimate of drug-likeness (QED) is 0.773. The van der Waals surface area contributed by atoms with Crippen molar-refractivity contribution < 1.29 is 23.5 Å². The molecule has 1 rings (SSSR count). The summed E-state index contributed by atoms with van der Waals surface area (Å²) in [5, 5.41) is 9.48. The Morgan fingerprint density at radius 1 is 1.50 bits per heavy atom. The summed E-state index contributed by atoms with van der Waals surface area (Å²) >= 11 is 0. The summed E-state index contributed by atoms with van der Waals surface area (Å²) in [6.45, 7) is 7.49. The number of hydrogen-bond acceptors (Lipinski definition) is 5. The molecule has 1 fully saturated rings. The van der Waals surface area contributed by atoms with Crippen LogP contribution in [0.25, 0.3) is 0 Å². The average Bonchev–Trinajstić information content (AvgIpc) is 2.43. The highest BCUT2D eigenvalue weighted by molar-refractivity contribution is 7.53. The van der Waals surface area contributed by atoms with Gasteiger partial charge in [0, 0.05) is 13.3 Å².